The average Bonchev–Trinajstić information content (AvgIpc) is 2.60. The van der Waals surface area contributed by atoms with Crippen LogP contribution in [0.5, 0.6) is 0 Å². The van der Waals surface area contributed by atoms with Crippen molar-refractivity contribution in [3.8, 4) is 0 Å². The van der Waals surface area contributed by atoms with Gasteiger partial charge >= 0.3 is 6.09 Å². The number of aromatic nitrogens is 3. The van der Waals surface area contributed by atoms with Crippen LogP contribution in [0.25, 0.3) is 0 Å². The van der Waals surface area contributed by atoms with Gasteiger partial charge in [0.05, 0.1) is 6.20 Å². The van der Waals surface area contributed by atoms with Gasteiger partial charge < -0.3 is 15.4 Å². The Hall–Kier alpha value is -2.77. The van der Waals surface area contributed by atoms with Gasteiger partial charge in [-0.1, -0.05) is 25.5 Å². The monoisotopic (exact) mass is 379 g/mol. The fourth-order valence-electron chi connectivity index (χ4n) is 2.28. The molecule has 0 saturated carbocycles. The molecule has 150 valence electrons. The van der Waals surface area contributed by atoms with Crippen LogP contribution in [-0.2, 0) is 4.74 Å². The number of halogens is 1. The molecule has 1 heterocycles. The van der Waals surface area contributed by atoms with Gasteiger partial charge in [0.2, 0.25) is 5.95 Å². The Kier molecular flexibility index (Phi) is 7.04. The third-order valence-electron chi connectivity index (χ3n) is 3.55. The number of carbonyl (C=O) groups excluding carboxylic acids is 1. The van der Waals surface area contributed by atoms with E-state index in [2.05, 4.69) is 32.7 Å². The Labute approximate surface area is 161 Å². The summed E-state index contributed by atoms with van der Waals surface area (Å²) in [6.07, 6.45) is 2.99. The van der Waals surface area contributed by atoms with E-state index in [1.165, 1.54) is 18.3 Å². The van der Waals surface area contributed by atoms with Crippen LogP contribution in [0.15, 0.2) is 30.5 Å². The first kappa shape index (κ1) is 20.5. The van der Waals surface area contributed by atoms with Crippen LogP contribution >= 0.6 is 0 Å². The van der Waals surface area contributed by atoms with Gasteiger partial charge in [0.1, 0.15) is 23.2 Å². The predicted molar refractivity (Wildman–Crippen MR) is 105 cm³/mol. The molecular formula is C19H30FN5O2. The number of benzene rings is 1. The van der Waals surface area contributed by atoms with Crippen molar-refractivity contribution in [2.24, 2.45) is 0 Å². The molecule has 8 heteroatoms. The first-order valence-electron chi connectivity index (χ1n) is 8.97. The molecule has 1 aromatic heterocycles. The minimum atomic E-state index is -0.662. The third kappa shape index (κ3) is 6.80. The van der Waals surface area contributed by atoms with Gasteiger partial charge in [-0.15, -0.1) is 10.2 Å². The van der Waals surface area contributed by atoms with Crippen molar-refractivity contribution in [2.45, 2.75) is 52.2 Å². The fraction of sp³-hybridized carbons (Fsp3) is 0.474. The van der Waals surface area contributed by atoms with Gasteiger partial charge in [0, 0.05) is 9.40 Å². The summed E-state index contributed by atoms with van der Waals surface area (Å²) in [6, 6.07) is 5.13. The molecule has 27 heavy (non-hydrogen) atoms. The van der Waals surface area contributed by atoms with Crippen LogP contribution in [0.2, 0.25) is 0 Å². The summed E-state index contributed by atoms with van der Waals surface area (Å²) >= 11 is 0. The smallest absolute Gasteiger partial charge is 0.408 e. The van der Waals surface area contributed by atoms with Crippen molar-refractivity contribution < 1.29 is 16.8 Å². The molecule has 1 unspecified atom stereocenters. The normalized spacial score (nSPS) is 12.3. The minimum Gasteiger partial charge on any atom is -0.444 e. The molecule has 0 radical (unpaired) electrons. The van der Waals surface area contributed by atoms with Crippen molar-refractivity contribution in [3.63, 3.8) is 0 Å². The fourth-order valence-corrected chi connectivity index (χ4v) is 2.28. The lowest BCUT2D eigenvalue weighted by molar-refractivity contribution is 0.0511. The van der Waals surface area contributed by atoms with E-state index in [4.69, 9.17) is 4.74 Å². The van der Waals surface area contributed by atoms with Gasteiger partial charge in [0.25, 0.3) is 0 Å². The molecule has 0 aliphatic carbocycles. The van der Waals surface area contributed by atoms with Crippen LogP contribution in [-0.4, -0.2) is 33.4 Å². The summed E-state index contributed by atoms with van der Waals surface area (Å²) in [5.74, 6) is 0.0526. The number of hydrogen-bond acceptors (Lipinski definition) is 6. The highest BCUT2D eigenvalue weighted by molar-refractivity contribution is 5.69. The molecule has 7 nitrogen and oxygen atoms in total. The molecule has 0 fully saturated rings. The van der Waals surface area contributed by atoms with E-state index in [0.717, 1.165) is 19.4 Å². The van der Waals surface area contributed by atoms with Crippen LogP contribution < -0.4 is 10.6 Å². The third-order valence-corrected chi connectivity index (χ3v) is 3.55. The lowest BCUT2D eigenvalue weighted by Crippen LogP contribution is -2.36. The Bertz CT molecular complexity index is 740. The molecular weight excluding hydrogens is 349 g/mol. The van der Waals surface area contributed by atoms with Crippen LogP contribution in [0.4, 0.5) is 15.1 Å². The van der Waals surface area contributed by atoms with Gasteiger partial charge in [-0.25, -0.2) is 14.2 Å². The second-order valence-corrected chi connectivity index (χ2v) is 7.12. The standard InChI is InChI=1S/C19H26FN5O2.2H2/c1-5-6-11-21-17-22-12-15(24-25-17)16(13-7-9-14(20)10-8-13)23-18(26)27-19(2,3)4;;/h7-10,12,16H,5-6,11H2,1-4H3,(H,23,26)(H,21,22,25);2*1H. The average molecular weight is 379 g/mol. The van der Waals surface area contributed by atoms with Crippen molar-refractivity contribution >= 4 is 12.0 Å². The van der Waals surface area contributed by atoms with E-state index in [1.54, 1.807) is 32.9 Å². The second-order valence-electron chi connectivity index (χ2n) is 7.12. The number of unbranched alkanes of at least 4 members (excludes halogenated alkanes) is 1. The quantitative estimate of drug-likeness (QED) is 0.696. The van der Waals surface area contributed by atoms with E-state index < -0.39 is 17.7 Å². The minimum absolute atomic E-state index is 0. The molecule has 2 N–H and O–H groups in total. The lowest BCUT2D eigenvalue weighted by atomic mass is 10.0. The van der Waals surface area contributed by atoms with Crippen molar-refractivity contribution in [2.75, 3.05) is 11.9 Å². The van der Waals surface area contributed by atoms with Crippen LogP contribution in [0, 0.1) is 5.82 Å². The largest absolute Gasteiger partial charge is 0.444 e. The highest BCUT2D eigenvalue weighted by atomic mass is 19.1. The number of amides is 1. The maximum atomic E-state index is 13.3. The zero-order valence-corrected chi connectivity index (χ0v) is 16.1. The van der Waals surface area contributed by atoms with E-state index in [-0.39, 0.29) is 8.67 Å². The Morgan fingerprint density at radius 2 is 1.96 bits per heavy atom. The number of carbonyl (C=O) groups is 1. The summed E-state index contributed by atoms with van der Waals surface area (Å²) in [5, 5.41) is 14.1. The maximum Gasteiger partial charge on any atom is 0.408 e. The van der Waals surface area contributed by atoms with Gasteiger partial charge in [-0.3, -0.25) is 0 Å². The molecule has 0 aliphatic rings. The molecule has 1 atom stereocenters. The van der Waals surface area contributed by atoms with Crippen molar-refractivity contribution in [1.82, 2.24) is 20.5 Å². The first-order valence-corrected chi connectivity index (χ1v) is 8.97. The number of anilines is 1. The van der Waals surface area contributed by atoms with E-state index in [1.807, 2.05) is 0 Å². The molecule has 2 aromatic rings. The van der Waals surface area contributed by atoms with Crippen LogP contribution in [0.3, 0.4) is 0 Å². The summed E-state index contributed by atoms with van der Waals surface area (Å²) in [7, 11) is 0. The van der Waals surface area contributed by atoms with Gasteiger partial charge in [-0.05, 0) is 44.9 Å². The SMILES string of the molecule is CCCCNc1ncc(C(NC(=O)OC(C)(C)C)c2ccc(F)cc2)nn1.[HH].[HH]. The molecule has 0 spiro atoms. The summed E-state index contributed by atoms with van der Waals surface area (Å²) in [4.78, 5) is 16.5. The summed E-state index contributed by atoms with van der Waals surface area (Å²) in [6.45, 7) is 8.18. The molecule has 0 bridgehead atoms. The highest BCUT2D eigenvalue weighted by Gasteiger charge is 2.23. The number of nitrogens with zero attached hydrogens (tertiary/aromatic N) is 3. The number of alkyl carbamates (subject to hydrolysis) is 1. The maximum absolute atomic E-state index is 13.3. The lowest BCUT2D eigenvalue weighted by Gasteiger charge is -2.23. The Morgan fingerprint density at radius 1 is 1.26 bits per heavy atom. The van der Waals surface area contributed by atoms with Gasteiger partial charge in [-0.2, -0.15) is 0 Å². The zero-order chi connectivity index (χ0) is 19.9. The summed E-state index contributed by atoms with van der Waals surface area (Å²) < 4.78 is 18.6. The number of ether oxygens (including phenoxy) is 1. The van der Waals surface area contributed by atoms with Crippen molar-refractivity contribution in [1.29, 1.82) is 0 Å². The molecule has 2 rings (SSSR count). The topological polar surface area (TPSA) is 89.0 Å². The molecule has 0 saturated heterocycles. The van der Waals surface area contributed by atoms with Crippen LogP contribution in [0.1, 0.15) is 60.7 Å². The van der Waals surface area contributed by atoms with E-state index in [0.29, 0.717) is 17.2 Å². The summed E-state index contributed by atoms with van der Waals surface area (Å²) in [5.41, 5.74) is 0.424. The number of nitrogens with one attached hydrogen (secondary N) is 2. The number of rotatable bonds is 7. The first-order chi connectivity index (χ1) is 12.8. The zero-order valence-electron chi connectivity index (χ0n) is 16.1. The second kappa shape index (κ2) is 9.25. The van der Waals surface area contributed by atoms with Crippen molar-refractivity contribution in [3.05, 3.63) is 47.5 Å². The Morgan fingerprint density at radius 3 is 2.52 bits per heavy atom. The van der Waals surface area contributed by atoms with Gasteiger partial charge in [0.15, 0.2) is 0 Å². The number of hydrogen-bond donors (Lipinski definition) is 2. The van der Waals surface area contributed by atoms with E-state index >= 15 is 0 Å². The Balaban J connectivity index is 0.00000392. The molecule has 0 aliphatic heterocycles. The molecule has 1 aromatic carbocycles. The highest BCUT2D eigenvalue weighted by Crippen LogP contribution is 2.21. The van der Waals surface area contributed by atoms with E-state index in [9.17, 15) is 9.18 Å². The predicted octanol–water partition coefficient (Wildman–Crippen LogP) is 4.33. The molecule has 1 amide bonds.